The van der Waals surface area contributed by atoms with Crippen LogP contribution in [0.4, 0.5) is 5.69 Å². The van der Waals surface area contributed by atoms with E-state index in [0.29, 0.717) is 28.1 Å². The van der Waals surface area contributed by atoms with Gasteiger partial charge in [-0.25, -0.2) is 4.79 Å². The van der Waals surface area contributed by atoms with E-state index in [4.69, 9.17) is 14.9 Å². The number of rotatable bonds is 7. The second-order valence-electron chi connectivity index (χ2n) is 6.70. The molecule has 7 nitrogen and oxygen atoms in total. The number of methoxy groups -OCH3 is 1. The monoisotopic (exact) mass is 394 g/mol. The first-order valence-corrected chi connectivity index (χ1v) is 9.15. The lowest BCUT2D eigenvalue weighted by atomic mass is 10.0. The van der Waals surface area contributed by atoms with Gasteiger partial charge in [0.2, 0.25) is 11.8 Å². The highest BCUT2D eigenvalue weighted by atomic mass is 16.5. The molecule has 0 aliphatic rings. The van der Waals surface area contributed by atoms with Crippen molar-refractivity contribution in [1.29, 1.82) is 0 Å². The quantitative estimate of drug-likeness (QED) is 0.599. The van der Waals surface area contributed by atoms with Crippen molar-refractivity contribution >= 4 is 28.5 Å². The molecule has 3 rings (SSSR count). The van der Waals surface area contributed by atoms with E-state index in [1.807, 2.05) is 13.0 Å². The van der Waals surface area contributed by atoms with Crippen molar-refractivity contribution in [1.82, 2.24) is 0 Å². The molecule has 0 aliphatic carbocycles. The van der Waals surface area contributed by atoms with Gasteiger partial charge in [-0.2, -0.15) is 0 Å². The van der Waals surface area contributed by atoms with Crippen molar-refractivity contribution in [3.63, 3.8) is 0 Å². The molecule has 0 spiro atoms. The summed E-state index contributed by atoms with van der Waals surface area (Å²) < 4.78 is 10.6. The van der Waals surface area contributed by atoms with E-state index in [1.165, 1.54) is 0 Å². The Morgan fingerprint density at radius 2 is 1.93 bits per heavy atom. The highest BCUT2D eigenvalue weighted by molar-refractivity contribution is 5.92. The number of carbonyl (C=O) groups is 2. The minimum Gasteiger partial charge on any atom is -0.497 e. The minimum atomic E-state index is -0.479. The first kappa shape index (κ1) is 20.1. The largest absolute Gasteiger partial charge is 0.497 e. The molecule has 0 fully saturated rings. The van der Waals surface area contributed by atoms with E-state index in [2.05, 4.69) is 5.32 Å². The van der Waals surface area contributed by atoms with Gasteiger partial charge in [-0.15, -0.1) is 0 Å². The van der Waals surface area contributed by atoms with E-state index in [1.54, 1.807) is 43.5 Å². The fraction of sp³-hybridized carbons (Fsp3) is 0.227. The third-order valence-corrected chi connectivity index (χ3v) is 4.75. The molecule has 0 aliphatic heterocycles. The fourth-order valence-corrected chi connectivity index (χ4v) is 3.23. The van der Waals surface area contributed by atoms with Crippen LogP contribution in [-0.2, 0) is 22.4 Å². The molecule has 3 N–H and O–H groups in total. The van der Waals surface area contributed by atoms with Crippen molar-refractivity contribution in [2.45, 2.75) is 26.2 Å². The van der Waals surface area contributed by atoms with Crippen LogP contribution in [0.25, 0.3) is 11.0 Å². The lowest BCUT2D eigenvalue weighted by Crippen LogP contribution is -2.19. The lowest BCUT2D eigenvalue weighted by Gasteiger charge is -2.11. The molecule has 0 saturated heterocycles. The number of carbonyl (C=O) groups excluding carboxylic acids is 2. The van der Waals surface area contributed by atoms with Crippen LogP contribution in [-0.4, -0.2) is 18.9 Å². The molecule has 2 amide bonds. The zero-order chi connectivity index (χ0) is 21.0. The van der Waals surface area contributed by atoms with Crippen molar-refractivity contribution in [2.75, 3.05) is 12.4 Å². The molecule has 0 radical (unpaired) electrons. The predicted octanol–water partition coefficient (Wildman–Crippen LogP) is 2.71. The van der Waals surface area contributed by atoms with E-state index in [-0.39, 0.29) is 25.2 Å². The van der Waals surface area contributed by atoms with Gasteiger partial charge in [-0.1, -0.05) is 18.2 Å². The zero-order valence-corrected chi connectivity index (χ0v) is 16.3. The maximum Gasteiger partial charge on any atom is 0.339 e. The van der Waals surface area contributed by atoms with Crippen molar-refractivity contribution in [2.24, 2.45) is 5.73 Å². The minimum absolute atomic E-state index is 0.0350. The average Bonchev–Trinajstić information content (AvgIpc) is 2.68. The number of aryl methyl sites for hydroxylation is 1. The Kier molecular flexibility index (Phi) is 5.97. The van der Waals surface area contributed by atoms with Gasteiger partial charge in [-0.05, 0) is 42.7 Å². The number of amides is 2. The van der Waals surface area contributed by atoms with E-state index < -0.39 is 11.5 Å². The summed E-state index contributed by atoms with van der Waals surface area (Å²) >= 11 is 0. The maximum absolute atomic E-state index is 12.4. The Labute approximate surface area is 167 Å². The molecular formula is C22H22N2O5. The van der Waals surface area contributed by atoms with Crippen molar-refractivity contribution in [3.8, 4) is 5.75 Å². The smallest absolute Gasteiger partial charge is 0.339 e. The Morgan fingerprint density at radius 1 is 1.17 bits per heavy atom. The summed E-state index contributed by atoms with van der Waals surface area (Å²) in [6.07, 6.45) is 0.366. The molecule has 2 aromatic carbocycles. The molecule has 3 aromatic rings. The Bertz CT molecular complexity index is 1130. The van der Waals surface area contributed by atoms with Gasteiger partial charge >= 0.3 is 5.63 Å². The summed E-state index contributed by atoms with van der Waals surface area (Å²) in [5.41, 5.74) is 7.64. The van der Waals surface area contributed by atoms with E-state index in [0.717, 1.165) is 10.9 Å². The number of benzene rings is 2. The standard InChI is InChI=1S/C22H22N2O5/c1-13-16-8-7-15(28-2)12-19(16)29-22(27)17(13)9-10-21(26)24-18-6-4-3-5-14(18)11-20(23)25/h3-8,12H,9-11H2,1-2H3,(H2,23,25)(H,24,26). The first-order chi connectivity index (χ1) is 13.9. The summed E-state index contributed by atoms with van der Waals surface area (Å²) in [6.45, 7) is 1.83. The van der Waals surface area contributed by atoms with E-state index in [9.17, 15) is 14.4 Å². The summed E-state index contributed by atoms with van der Waals surface area (Å²) in [4.78, 5) is 36.0. The van der Waals surface area contributed by atoms with Crippen LogP contribution in [0.3, 0.4) is 0 Å². The van der Waals surface area contributed by atoms with Gasteiger partial charge in [0, 0.05) is 29.1 Å². The van der Waals surface area contributed by atoms with Gasteiger partial charge in [0.25, 0.3) is 0 Å². The highest BCUT2D eigenvalue weighted by Crippen LogP contribution is 2.24. The number of fused-ring (bicyclic) bond motifs is 1. The van der Waals surface area contributed by atoms with Crippen molar-refractivity contribution in [3.05, 3.63) is 69.6 Å². The maximum atomic E-state index is 12.4. The average molecular weight is 394 g/mol. The van der Waals surface area contributed by atoms with Crippen LogP contribution >= 0.6 is 0 Å². The predicted molar refractivity (Wildman–Crippen MR) is 110 cm³/mol. The van der Waals surface area contributed by atoms with Gasteiger partial charge in [-0.3, -0.25) is 9.59 Å². The van der Waals surface area contributed by atoms with Gasteiger partial charge < -0.3 is 20.2 Å². The third kappa shape index (κ3) is 4.63. The Morgan fingerprint density at radius 3 is 2.66 bits per heavy atom. The number of nitrogens with two attached hydrogens (primary N) is 1. The molecule has 7 heteroatoms. The molecule has 0 bridgehead atoms. The first-order valence-electron chi connectivity index (χ1n) is 9.15. The second-order valence-corrected chi connectivity index (χ2v) is 6.70. The van der Waals surface area contributed by atoms with Crippen molar-refractivity contribution < 1.29 is 18.7 Å². The molecule has 1 heterocycles. The van der Waals surface area contributed by atoms with Gasteiger partial charge in [0.05, 0.1) is 13.5 Å². The Balaban J connectivity index is 1.76. The van der Waals surface area contributed by atoms with Crippen LogP contribution in [0, 0.1) is 6.92 Å². The third-order valence-electron chi connectivity index (χ3n) is 4.75. The lowest BCUT2D eigenvalue weighted by molar-refractivity contribution is -0.118. The number of hydrogen-bond donors (Lipinski definition) is 2. The number of anilines is 1. The SMILES string of the molecule is COc1ccc2c(C)c(CCC(=O)Nc3ccccc3CC(N)=O)c(=O)oc2c1. The summed E-state index contributed by atoms with van der Waals surface area (Å²) in [5.74, 6) is -0.148. The normalized spacial score (nSPS) is 10.7. The van der Waals surface area contributed by atoms with Crippen LogP contribution in [0.5, 0.6) is 5.75 Å². The zero-order valence-electron chi connectivity index (χ0n) is 16.3. The fourth-order valence-electron chi connectivity index (χ4n) is 3.23. The molecular weight excluding hydrogens is 372 g/mol. The number of primary amides is 1. The molecule has 29 heavy (non-hydrogen) atoms. The number of ether oxygens (including phenoxy) is 1. The molecule has 0 atom stereocenters. The van der Waals surface area contributed by atoms with Crippen LogP contribution in [0.2, 0.25) is 0 Å². The number of hydrogen-bond acceptors (Lipinski definition) is 5. The molecule has 0 unspecified atom stereocenters. The molecule has 1 aromatic heterocycles. The molecule has 150 valence electrons. The van der Waals surface area contributed by atoms with Gasteiger partial charge in [0.15, 0.2) is 0 Å². The summed E-state index contributed by atoms with van der Waals surface area (Å²) in [7, 11) is 1.54. The summed E-state index contributed by atoms with van der Waals surface area (Å²) in [6, 6.07) is 12.3. The summed E-state index contributed by atoms with van der Waals surface area (Å²) in [5, 5.41) is 3.58. The molecule has 0 saturated carbocycles. The van der Waals surface area contributed by atoms with Crippen LogP contribution in [0.1, 0.15) is 23.1 Å². The Hall–Kier alpha value is -3.61. The van der Waals surface area contributed by atoms with E-state index >= 15 is 0 Å². The number of para-hydroxylation sites is 1. The van der Waals surface area contributed by atoms with Crippen LogP contribution < -0.4 is 21.4 Å². The topological polar surface area (TPSA) is 112 Å². The second kappa shape index (κ2) is 8.60. The highest BCUT2D eigenvalue weighted by Gasteiger charge is 2.15. The van der Waals surface area contributed by atoms with Gasteiger partial charge in [0.1, 0.15) is 11.3 Å². The van der Waals surface area contributed by atoms with Crippen LogP contribution in [0.15, 0.2) is 51.7 Å². The number of nitrogens with one attached hydrogen (secondary N) is 1.